The van der Waals surface area contributed by atoms with Crippen LogP contribution in [0.25, 0.3) is 0 Å². The summed E-state index contributed by atoms with van der Waals surface area (Å²) in [4.78, 5) is 15.6. The summed E-state index contributed by atoms with van der Waals surface area (Å²) in [5.74, 6) is -0.0585. The minimum absolute atomic E-state index is 0. The van der Waals surface area contributed by atoms with Gasteiger partial charge in [0, 0.05) is 6.08 Å². The van der Waals surface area contributed by atoms with Crippen LogP contribution in [0.15, 0.2) is 12.2 Å². The first-order valence-electron chi connectivity index (χ1n) is 2.95. The number of amides is 1. The molecule has 0 aromatic carbocycles. The van der Waals surface area contributed by atoms with Crippen molar-refractivity contribution in [2.75, 3.05) is 13.2 Å². The maximum absolute atomic E-state index is 10.7. The van der Waals surface area contributed by atoms with Gasteiger partial charge in [-0.15, -0.1) is 12.4 Å². The summed E-state index contributed by atoms with van der Waals surface area (Å²) in [6.45, 7) is 2.99. The van der Waals surface area contributed by atoms with Gasteiger partial charge >= 0.3 is 0 Å². The van der Waals surface area contributed by atoms with E-state index in [2.05, 4.69) is 0 Å². The van der Waals surface area contributed by atoms with Crippen LogP contribution >= 0.6 is 12.4 Å². The predicted octanol–water partition coefficient (Wildman–Crippen LogP) is 0.758. The van der Waals surface area contributed by atoms with Crippen LogP contribution < -0.4 is 0 Å². The Labute approximate surface area is 66.0 Å². The molecule has 0 saturated carbocycles. The number of hydrogen-bond donors (Lipinski definition) is 0. The maximum atomic E-state index is 10.7. The minimum atomic E-state index is -0.0585. The molecular formula is C6H10ClNO2. The molecule has 1 amide bonds. The molecule has 58 valence electrons. The molecular weight excluding hydrogens is 154 g/mol. The second kappa shape index (κ2) is 4.30. The Bertz CT molecular complexity index is 147. The summed E-state index contributed by atoms with van der Waals surface area (Å²) >= 11 is 0. The molecule has 1 rings (SSSR count). The van der Waals surface area contributed by atoms with Crippen molar-refractivity contribution >= 4 is 18.3 Å². The number of halogens is 1. The monoisotopic (exact) mass is 163 g/mol. The van der Waals surface area contributed by atoms with Gasteiger partial charge in [-0.05, 0) is 6.92 Å². The molecule has 1 aliphatic heterocycles. The van der Waals surface area contributed by atoms with Crippen LogP contribution in [-0.4, -0.2) is 24.1 Å². The molecule has 0 unspecified atom stereocenters. The first kappa shape index (κ1) is 9.46. The van der Waals surface area contributed by atoms with Gasteiger partial charge in [-0.25, -0.2) is 5.06 Å². The van der Waals surface area contributed by atoms with E-state index in [1.807, 2.05) is 6.92 Å². The van der Waals surface area contributed by atoms with Gasteiger partial charge in [-0.2, -0.15) is 0 Å². The third-order valence-corrected chi connectivity index (χ3v) is 1.06. The van der Waals surface area contributed by atoms with Crippen molar-refractivity contribution in [3.8, 4) is 0 Å². The number of hydroxylamine groups is 2. The largest absolute Gasteiger partial charge is 0.271 e. The quantitative estimate of drug-likeness (QED) is 0.602. The van der Waals surface area contributed by atoms with Crippen molar-refractivity contribution in [1.82, 2.24) is 5.06 Å². The number of nitrogens with zero attached hydrogens (tertiary/aromatic N) is 1. The molecule has 0 radical (unpaired) electrons. The Hall–Kier alpha value is -0.540. The Balaban J connectivity index is 0.000000810. The summed E-state index contributed by atoms with van der Waals surface area (Å²) in [6.07, 6.45) is 3.29. The van der Waals surface area contributed by atoms with Crippen LogP contribution in [0.1, 0.15) is 6.92 Å². The summed E-state index contributed by atoms with van der Waals surface area (Å²) in [5.41, 5.74) is 0. The number of hydrogen-bond acceptors (Lipinski definition) is 2. The van der Waals surface area contributed by atoms with Crippen LogP contribution in [0.2, 0.25) is 0 Å². The minimum Gasteiger partial charge on any atom is -0.271 e. The number of carbonyl (C=O) groups excluding carboxylic acids is 1. The molecule has 3 nitrogen and oxygen atoms in total. The Morgan fingerprint density at radius 2 is 2.50 bits per heavy atom. The van der Waals surface area contributed by atoms with Gasteiger partial charge in [0.05, 0.1) is 13.2 Å². The smallest absolute Gasteiger partial charge is 0.270 e. The van der Waals surface area contributed by atoms with Crippen LogP contribution in [0.3, 0.4) is 0 Å². The van der Waals surface area contributed by atoms with E-state index < -0.39 is 0 Å². The first-order valence-corrected chi connectivity index (χ1v) is 2.95. The standard InChI is InChI=1S/C6H9NO2.ClH/c1-2-9-7-5-3-4-6(7)8;/h3-4H,2,5H2,1H3;1H. The second-order valence-corrected chi connectivity index (χ2v) is 1.72. The summed E-state index contributed by atoms with van der Waals surface area (Å²) in [7, 11) is 0. The Morgan fingerprint density at radius 3 is 2.90 bits per heavy atom. The molecule has 1 heterocycles. The van der Waals surface area contributed by atoms with E-state index in [0.29, 0.717) is 13.2 Å². The van der Waals surface area contributed by atoms with Gasteiger partial charge in [0.25, 0.3) is 5.91 Å². The summed E-state index contributed by atoms with van der Waals surface area (Å²) in [5, 5.41) is 1.33. The lowest BCUT2D eigenvalue weighted by Gasteiger charge is -2.12. The zero-order chi connectivity index (χ0) is 6.69. The highest BCUT2D eigenvalue weighted by Crippen LogP contribution is 2.00. The molecule has 0 saturated heterocycles. The molecule has 4 heteroatoms. The van der Waals surface area contributed by atoms with Crippen molar-refractivity contribution in [2.24, 2.45) is 0 Å². The lowest BCUT2D eigenvalue weighted by molar-refractivity contribution is -0.172. The zero-order valence-corrected chi connectivity index (χ0v) is 6.56. The summed E-state index contributed by atoms with van der Waals surface area (Å²) in [6, 6.07) is 0. The first-order chi connectivity index (χ1) is 4.34. The fourth-order valence-electron chi connectivity index (χ4n) is 0.695. The second-order valence-electron chi connectivity index (χ2n) is 1.72. The van der Waals surface area contributed by atoms with Gasteiger partial charge < -0.3 is 0 Å². The Morgan fingerprint density at radius 1 is 1.80 bits per heavy atom. The lowest BCUT2D eigenvalue weighted by Crippen LogP contribution is -2.25. The average molecular weight is 164 g/mol. The predicted molar refractivity (Wildman–Crippen MR) is 39.7 cm³/mol. The SMILES string of the molecule is CCON1CC=CC1=O.Cl. The Kier molecular flexibility index (Phi) is 4.07. The van der Waals surface area contributed by atoms with Crippen molar-refractivity contribution in [1.29, 1.82) is 0 Å². The number of rotatable bonds is 2. The molecule has 0 aromatic rings. The molecule has 1 aliphatic rings. The highest BCUT2D eigenvalue weighted by atomic mass is 35.5. The van der Waals surface area contributed by atoms with E-state index >= 15 is 0 Å². The van der Waals surface area contributed by atoms with Gasteiger partial charge in [0.15, 0.2) is 0 Å². The lowest BCUT2D eigenvalue weighted by atomic mass is 10.6. The van der Waals surface area contributed by atoms with E-state index in [9.17, 15) is 4.79 Å². The third kappa shape index (κ3) is 2.01. The molecule has 0 N–H and O–H groups in total. The fourth-order valence-corrected chi connectivity index (χ4v) is 0.695. The van der Waals surface area contributed by atoms with Crippen molar-refractivity contribution in [3.05, 3.63) is 12.2 Å². The van der Waals surface area contributed by atoms with Crippen LogP contribution in [0.5, 0.6) is 0 Å². The molecule has 0 bridgehead atoms. The highest BCUT2D eigenvalue weighted by molar-refractivity contribution is 5.88. The van der Waals surface area contributed by atoms with E-state index in [4.69, 9.17) is 4.84 Å². The molecule has 0 aliphatic carbocycles. The number of carbonyl (C=O) groups is 1. The average Bonchev–Trinajstić information content (AvgIpc) is 2.18. The normalized spacial score (nSPS) is 15.7. The van der Waals surface area contributed by atoms with Crippen molar-refractivity contribution in [3.63, 3.8) is 0 Å². The molecule has 0 spiro atoms. The highest BCUT2D eigenvalue weighted by Gasteiger charge is 2.13. The van der Waals surface area contributed by atoms with Crippen LogP contribution in [0, 0.1) is 0 Å². The van der Waals surface area contributed by atoms with Gasteiger partial charge in [-0.1, -0.05) is 6.08 Å². The van der Waals surface area contributed by atoms with E-state index in [1.165, 1.54) is 11.1 Å². The van der Waals surface area contributed by atoms with E-state index in [1.54, 1.807) is 6.08 Å². The summed E-state index contributed by atoms with van der Waals surface area (Å²) < 4.78 is 0. The van der Waals surface area contributed by atoms with Gasteiger partial charge in [0.1, 0.15) is 0 Å². The molecule has 0 aromatic heterocycles. The zero-order valence-electron chi connectivity index (χ0n) is 5.74. The van der Waals surface area contributed by atoms with Gasteiger partial charge in [0.2, 0.25) is 0 Å². The molecule has 0 atom stereocenters. The van der Waals surface area contributed by atoms with Crippen molar-refractivity contribution in [2.45, 2.75) is 6.92 Å². The maximum Gasteiger partial charge on any atom is 0.270 e. The topological polar surface area (TPSA) is 29.5 Å². The van der Waals surface area contributed by atoms with E-state index in [-0.39, 0.29) is 18.3 Å². The molecule has 0 fully saturated rings. The van der Waals surface area contributed by atoms with Crippen molar-refractivity contribution < 1.29 is 9.63 Å². The molecule has 10 heavy (non-hydrogen) atoms. The van der Waals surface area contributed by atoms with E-state index in [0.717, 1.165) is 0 Å². The van der Waals surface area contributed by atoms with Gasteiger partial charge in [-0.3, -0.25) is 9.63 Å². The fraction of sp³-hybridized carbons (Fsp3) is 0.500. The van der Waals surface area contributed by atoms with Crippen LogP contribution in [0.4, 0.5) is 0 Å². The third-order valence-electron chi connectivity index (χ3n) is 1.06. The van der Waals surface area contributed by atoms with Crippen LogP contribution in [-0.2, 0) is 9.63 Å².